The zero-order chi connectivity index (χ0) is 23.4. The van der Waals surface area contributed by atoms with E-state index in [-0.39, 0.29) is 47.2 Å². The fourth-order valence-corrected chi connectivity index (χ4v) is 7.43. The number of rotatable bonds is 5. The summed E-state index contributed by atoms with van der Waals surface area (Å²) in [6.07, 6.45) is 6.94. The summed E-state index contributed by atoms with van der Waals surface area (Å²) in [4.78, 5) is 12.7. The van der Waals surface area contributed by atoms with Gasteiger partial charge in [-0.1, -0.05) is 32.9 Å². The molecule has 1 saturated heterocycles. The fraction of sp³-hybridized carbons (Fsp3) is 0.741. The van der Waals surface area contributed by atoms with E-state index in [2.05, 4.69) is 27.4 Å². The van der Waals surface area contributed by atoms with Gasteiger partial charge in [0.2, 0.25) is 0 Å². The smallest absolute Gasteiger partial charge is 0.342 e. The summed E-state index contributed by atoms with van der Waals surface area (Å²) in [5.74, 6) is 1.41. The molecule has 0 radical (unpaired) electrons. The van der Waals surface area contributed by atoms with E-state index >= 15 is 0 Å². The zero-order valence-corrected chi connectivity index (χ0v) is 20.4. The number of aromatic hydroxyl groups is 1. The minimum absolute atomic E-state index is 0.000894. The van der Waals surface area contributed by atoms with Gasteiger partial charge in [0, 0.05) is 12.2 Å². The topological polar surface area (TPSA) is 79.9 Å². The van der Waals surface area contributed by atoms with Gasteiger partial charge in [0.1, 0.15) is 11.5 Å². The quantitative estimate of drug-likeness (QED) is 0.620. The van der Waals surface area contributed by atoms with Crippen LogP contribution in [0.2, 0.25) is 0 Å². The second-order valence-electron chi connectivity index (χ2n) is 11.4. The SMILES string of the molecule is C=C1CC[C@H]2[C@]3(C)C[C@@H](CC(C)CO)O[C@H]3CC[C@]2(C)[C@@H]1Cc1c(O)c(C)c(C)oc1=O. The largest absolute Gasteiger partial charge is 0.507 e. The fourth-order valence-electron chi connectivity index (χ4n) is 7.43. The Morgan fingerprint density at radius 2 is 1.94 bits per heavy atom. The van der Waals surface area contributed by atoms with Crippen molar-refractivity contribution in [3.63, 3.8) is 0 Å². The van der Waals surface area contributed by atoms with Crippen molar-refractivity contribution in [2.24, 2.45) is 28.6 Å². The molecule has 1 aromatic heterocycles. The number of fused-ring (bicyclic) bond motifs is 3. The third-order valence-corrected chi connectivity index (χ3v) is 9.39. The van der Waals surface area contributed by atoms with E-state index in [9.17, 15) is 15.0 Å². The van der Waals surface area contributed by atoms with Crippen molar-refractivity contribution in [1.29, 1.82) is 0 Å². The van der Waals surface area contributed by atoms with Crippen LogP contribution in [0.3, 0.4) is 0 Å². The third kappa shape index (κ3) is 3.66. The van der Waals surface area contributed by atoms with Crippen LogP contribution in [-0.4, -0.2) is 29.0 Å². The predicted molar refractivity (Wildman–Crippen MR) is 125 cm³/mol. The van der Waals surface area contributed by atoms with E-state index in [0.717, 1.165) is 38.5 Å². The highest BCUT2D eigenvalue weighted by atomic mass is 16.5. The molecule has 32 heavy (non-hydrogen) atoms. The summed E-state index contributed by atoms with van der Waals surface area (Å²) in [7, 11) is 0. The van der Waals surface area contributed by atoms with Gasteiger partial charge in [0.05, 0.1) is 17.8 Å². The van der Waals surface area contributed by atoms with Gasteiger partial charge < -0.3 is 19.4 Å². The summed E-state index contributed by atoms with van der Waals surface area (Å²) in [6, 6.07) is 0. The summed E-state index contributed by atoms with van der Waals surface area (Å²) in [5.41, 5.74) is 1.88. The van der Waals surface area contributed by atoms with Crippen molar-refractivity contribution < 1.29 is 19.4 Å². The normalized spacial score (nSPS) is 37.8. The second-order valence-corrected chi connectivity index (χ2v) is 11.4. The van der Waals surface area contributed by atoms with Gasteiger partial charge in [-0.2, -0.15) is 0 Å². The first-order valence-corrected chi connectivity index (χ1v) is 12.3. The van der Waals surface area contributed by atoms with Gasteiger partial charge in [-0.3, -0.25) is 0 Å². The summed E-state index contributed by atoms with van der Waals surface area (Å²) in [5, 5.41) is 20.3. The van der Waals surface area contributed by atoms with Gasteiger partial charge in [-0.15, -0.1) is 0 Å². The molecular weight excluding hydrogens is 404 g/mol. The van der Waals surface area contributed by atoms with Crippen molar-refractivity contribution in [2.75, 3.05) is 6.61 Å². The Hall–Kier alpha value is -1.59. The van der Waals surface area contributed by atoms with Crippen LogP contribution in [0.5, 0.6) is 5.75 Å². The molecule has 178 valence electrons. The van der Waals surface area contributed by atoms with Crippen molar-refractivity contribution in [1.82, 2.24) is 0 Å². The minimum atomic E-state index is -0.425. The summed E-state index contributed by atoms with van der Waals surface area (Å²) < 4.78 is 12.0. The number of ether oxygens (including phenoxy) is 1. The Bertz CT molecular complexity index is 948. The number of aliphatic hydroxyl groups excluding tert-OH is 1. The first-order chi connectivity index (χ1) is 15.0. The molecule has 0 amide bonds. The molecule has 3 fully saturated rings. The van der Waals surface area contributed by atoms with Crippen molar-refractivity contribution in [3.8, 4) is 5.75 Å². The number of hydrogen-bond acceptors (Lipinski definition) is 5. The van der Waals surface area contributed by atoms with Gasteiger partial charge in [0.15, 0.2) is 0 Å². The Morgan fingerprint density at radius 3 is 2.62 bits per heavy atom. The van der Waals surface area contributed by atoms with Crippen molar-refractivity contribution in [2.45, 2.75) is 91.8 Å². The lowest BCUT2D eigenvalue weighted by atomic mass is 9.45. The average Bonchev–Trinajstić information content (AvgIpc) is 3.06. The molecule has 2 aliphatic carbocycles. The van der Waals surface area contributed by atoms with Crippen LogP contribution in [0, 0.1) is 42.4 Å². The number of hydrogen-bond donors (Lipinski definition) is 2. The molecular formula is C27H40O5. The predicted octanol–water partition coefficient (Wildman–Crippen LogP) is 5.07. The van der Waals surface area contributed by atoms with Crippen molar-refractivity contribution in [3.05, 3.63) is 39.5 Å². The first kappa shape index (κ1) is 23.6. The molecule has 7 atom stereocenters. The van der Waals surface area contributed by atoms with Crippen LogP contribution in [0.4, 0.5) is 0 Å². The molecule has 1 aliphatic heterocycles. The minimum Gasteiger partial charge on any atom is -0.507 e. The van der Waals surface area contributed by atoms with Crippen LogP contribution in [-0.2, 0) is 11.2 Å². The Kier molecular flexibility index (Phi) is 6.13. The van der Waals surface area contributed by atoms with Crippen molar-refractivity contribution >= 4 is 0 Å². The van der Waals surface area contributed by atoms with E-state index in [1.54, 1.807) is 13.8 Å². The lowest BCUT2D eigenvalue weighted by Gasteiger charge is -2.59. The molecule has 2 saturated carbocycles. The van der Waals surface area contributed by atoms with Crippen LogP contribution in [0.15, 0.2) is 21.4 Å². The molecule has 4 rings (SSSR count). The van der Waals surface area contributed by atoms with Crippen LogP contribution < -0.4 is 5.63 Å². The lowest BCUT2D eigenvalue weighted by Crippen LogP contribution is -2.54. The molecule has 0 bridgehead atoms. The number of allylic oxidation sites excluding steroid dienone is 1. The molecule has 2 N–H and O–H groups in total. The molecule has 1 unspecified atom stereocenters. The second kappa shape index (κ2) is 8.32. The van der Waals surface area contributed by atoms with E-state index in [1.165, 1.54) is 5.57 Å². The highest BCUT2D eigenvalue weighted by molar-refractivity contribution is 5.40. The average molecular weight is 445 g/mol. The van der Waals surface area contributed by atoms with E-state index < -0.39 is 5.63 Å². The third-order valence-electron chi connectivity index (χ3n) is 9.39. The monoisotopic (exact) mass is 444 g/mol. The molecule has 2 heterocycles. The molecule has 3 aliphatic rings. The van der Waals surface area contributed by atoms with Gasteiger partial charge in [0.25, 0.3) is 0 Å². The first-order valence-electron chi connectivity index (χ1n) is 12.3. The maximum Gasteiger partial charge on any atom is 0.342 e. The Morgan fingerprint density at radius 1 is 1.22 bits per heavy atom. The molecule has 0 spiro atoms. The standard InChI is InChI=1S/C27H40O5/c1-15(14-28)11-19-13-27(6)22-8-7-16(2)21(26(22,5)10-9-23(27)32-19)12-20-24(29)17(3)18(4)31-25(20)30/h15,19,21-23,28-29H,2,7-14H2,1,3-6H3/t15?,19-,21-,22-,23+,26-,27+/m1/s1. The van der Waals surface area contributed by atoms with Gasteiger partial charge in [-0.05, 0) is 87.4 Å². The Balaban J connectivity index is 1.65. The molecule has 0 aromatic carbocycles. The van der Waals surface area contributed by atoms with Crippen LogP contribution in [0.25, 0.3) is 0 Å². The van der Waals surface area contributed by atoms with E-state index in [1.807, 2.05) is 0 Å². The lowest BCUT2D eigenvalue weighted by molar-refractivity contribution is -0.113. The number of aliphatic hydroxyl groups is 1. The van der Waals surface area contributed by atoms with Crippen LogP contribution >= 0.6 is 0 Å². The highest BCUT2D eigenvalue weighted by Crippen LogP contribution is 2.65. The van der Waals surface area contributed by atoms with Gasteiger partial charge in [-0.25, -0.2) is 4.79 Å². The van der Waals surface area contributed by atoms with E-state index in [4.69, 9.17) is 9.15 Å². The Labute approximate surface area is 191 Å². The summed E-state index contributed by atoms with van der Waals surface area (Å²) in [6.45, 7) is 15.0. The highest BCUT2D eigenvalue weighted by Gasteiger charge is 2.61. The maximum absolute atomic E-state index is 12.7. The molecule has 1 aromatic rings. The number of aryl methyl sites for hydroxylation is 1. The zero-order valence-electron chi connectivity index (χ0n) is 20.4. The molecule has 5 nitrogen and oxygen atoms in total. The summed E-state index contributed by atoms with van der Waals surface area (Å²) >= 11 is 0. The maximum atomic E-state index is 12.7. The van der Waals surface area contributed by atoms with E-state index in [0.29, 0.717) is 29.2 Å². The molecule has 5 heteroatoms. The van der Waals surface area contributed by atoms with Gasteiger partial charge >= 0.3 is 5.63 Å². The van der Waals surface area contributed by atoms with Crippen LogP contribution in [0.1, 0.15) is 76.2 Å².